The maximum absolute atomic E-state index is 12.7. The van der Waals surface area contributed by atoms with E-state index in [4.69, 9.17) is 5.26 Å². The molecule has 8 heteroatoms. The standard InChI is InChI=1S/C20H25N3O4S/c1-20(12-13-23(20)18(24)11-8-15-4-2-3-5-15)19(25)22-28(26,27)17-9-6-16(14-21)7-10-17/h6-7,9-10,15H,2-5,8,11-13H2,1H3,(H,22,25). The third-order valence-electron chi connectivity index (χ3n) is 5.97. The first kappa shape index (κ1) is 20.3. The predicted octanol–water partition coefficient (Wildman–Crippen LogP) is 2.32. The molecule has 1 atom stereocenters. The third-order valence-corrected chi connectivity index (χ3v) is 7.32. The molecule has 1 aliphatic carbocycles. The first-order valence-corrected chi connectivity index (χ1v) is 11.1. The molecule has 1 N–H and O–H groups in total. The lowest BCUT2D eigenvalue weighted by Gasteiger charge is -2.49. The number of nitriles is 1. The summed E-state index contributed by atoms with van der Waals surface area (Å²) in [7, 11) is -4.07. The van der Waals surface area contributed by atoms with Gasteiger partial charge in [-0.15, -0.1) is 0 Å². The van der Waals surface area contributed by atoms with E-state index in [1.807, 2.05) is 6.07 Å². The number of likely N-dealkylation sites (tertiary alicyclic amines) is 1. The lowest BCUT2D eigenvalue weighted by Crippen LogP contribution is -2.67. The smallest absolute Gasteiger partial charge is 0.264 e. The highest BCUT2D eigenvalue weighted by Crippen LogP contribution is 2.34. The van der Waals surface area contributed by atoms with Gasteiger partial charge in [-0.05, 0) is 49.9 Å². The number of rotatable bonds is 6. The monoisotopic (exact) mass is 403 g/mol. The van der Waals surface area contributed by atoms with Gasteiger partial charge in [0.2, 0.25) is 5.91 Å². The summed E-state index contributed by atoms with van der Waals surface area (Å²) in [6.45, 7) is 2.07. The van der Waals surface area contributed by atoms with Crippen LogP contribution in [0.2, 0.25) is 0 Å². The summed E-state index contributed by atoms with van der Waals surface area (Å²) in [5, 5.41) is 8.81. The predicted molar refractivity (Wildman–Crippen MR) is 102 cm³/mol. The highest BCUT2D eigenvalue weighted by atomic mass is 32.2. The average molecular weight is 404 g/mol. The molecule has 0 bridgehead atoms. The van der Waals surface area contributed by atoms with Crippen molar-refractivity contribution in [3.05, 3.63) is 29.8 Å². The molecule has 1 unspecified atom stereocenters. The van der Waals surface area contributed by atoms with Crippen molar-refractivity contribution in [3.8, 4) is 6.07 Å². The van der Waals surface area contributed by atoms with Crippen molar-refractivity contribution in [2.45, 2.75) is 62.3 Å². The zero-order valence-corrected chi connectivity index (χ0v) is 16.8. The second-order valence-corrected chi connectivity index (χ2v) is 9.51. The molecule has 1 aromatic carbocycles. The van der Waals surface area contributed by atoms with Crippen molar-refractivity contribution in [1.29, 1.82) is 5.26 Å². The van der Waals surface area contributed by atoms with Gasteiger partial charge in [0, 0.05) is 13.0 Å². The number of nitrogens with one attached hydrogen (secondary N) is 1. The van der Waals surface area contributed by atoms with Crippen molar-refractivity contribution < 1.29 is 18.0 Å². The van der Waals surface area contributed by atoms with E-state index in [1.54, 1.807) is 6.92 Å². The topological polar surface area (TPSA) is 107 Å². The maximum Gasteiger partial charge on any atom is 0.264 e. The molecular weight excluding hydrogens is 378 g/mol. The van der Waals surface area contributed by atoms with E-state index in [0.717, 1.165) is 19.3 Å². The summed E-state index contributed by atoms with van der Waals surface area (Å²) in [4.78, 5) is 26.7. The van der Waals surface area contributed by atoms with Crippen LogP contribution in [0.3, 0.4) is 0 Å². The van der Waals surface area contributed by atoms with E-state index in [-0.39, 0.29) is 10.8 Å². The lowest BCUT2D eigenvalue weighted by atomic mass is 9.85. The van der Waals surface area contributed by atoms with Gasteiger partial charge in [0.15, 0.2) is 0 Å². The highest BCUT2D eigenvalue weighted by molar-refractivity contribution is 7.90. The van der Waals surface area contributed by atoms with Crippen molar-refractivity contribution >= 4 is 21.8 Å². The van der Waals surface area contributed by atoms with Crippen LogP contribution < -0.4 is 4.72 Å². The van der Waals surface area contributed by atoms with Gasteiger partial charge in [-0.1, -0.05) is 25.7 Å². The molecule has 28 heavy (non-hydrogen) atoms. The molecule has 2 aliphatic rings. The molecule has 2 amide bonds. The Morgan fingerprint density at radius 1 is 1.25 bits per heavy atom. The van der Waals surface area contributed by atoms with Gasteiger partial charge < -0.3 is 4.90 Å². The minimum atomic E-state index is -4.07. The van der Waals surface area contributed by atoms with Crippen molar-refractivity contribution in [1.82, 2.24) is 9.62 Å². The van der Waals surface area contributed by atoms with Crippen LogP contribution in [0, 0.1) is 17.2 Å². The molecule has 0 spiro atoms. The van der Waals surface area contributed by atoms with Gasteiger partial charge in [-0.25, -0.2) is 13.1 Å². The normalized spacial score (nSPS) is 22.4. The van der Waals surface area contributed by atoms with Crippen molar-refractivity contribution in [2.24, 2.45) is 5.92 Å². The van der Waals surface area contributed by atoms with Crippen LogP contribution in [0.4, 0.5) is 0 Å². The minimum Gasteiger partial charge on any atom is -0.328 e. The summed E-state index contributed by atoms with van der Waals surface area (Å²) in [6, 6.07) is 7.23. The van der Waals surface area contributed by atoms with E-state index < -0.39 is 21.5 Å². The van der Waals surface area contributed by atoms with Crippen molar-refractivity contribution in [2.75, 3.05) is 6.54 Å². The summed E-state index contributed by atoms with van der Waals surface area (Å²) >= 11 is 0. The van der Waals surface area contributed by atoms with Crippen LogP contribution >= 0.6 is 0 Å². The van der Waals surface area contributed by atoms with Crippen LogP contribution in [-0.4, -0.2) is 37.2 Å². The van der Waals surface area contributed by atoms with Crippen LogP contribution in [-0.2, 0) is 19.6 Å². The molecule has 0 radical (unpaired) electrons. The molecule has 1 aliphatic heterocycles. The number of nitrogens with zero attached hydrogens (tertiary/aromatic N) is 2. The summed E-state index contributed by atoms with van der Waals surface area (Å²) in [5.41, 5.74) is -0.817. The molecule has 0 aromatic heterocycles. The van der Waals surface area contributed by atoms with Gasteiger partial charge in [-0.3, -0.25) is 9.59 Å². The van der Waals surface area contributed by atoms with Crippen molar-refractivity contribution in [3.63, 3.8) is 0 Å². The summed E-state index contributed by atoms with van der Waals surface area (Å²) in [6.07, 6.45) is 6.41. The number of carbonyl (C=O) groups is 2. The number of sulfonamides is 1. The molecule has 1 aromatic rings. The average Bonchev–Trinajstić information content (AvgIpc) is 3.18. The minimum absolute atomic E-state index is 0.0911. The second-order valence-electron chi connectivity index (χ2n) is 7.83. The second kappa shape index (κ2) is 7.92. The Balaban J connectivity index is 1.63. The van der Waals surface area contributed by atoms with Gasteiger partial charge in [-0.2, -0.15) is 5.26 Å². The van der Waals surface area contributed by atoms with Crippen LogP contribution in [0.25, 0.3) is 0 Å². The number of amides is 2. The molecule has 1 saturated heterocycles. The van der Waals surface area contributed by atoms with E-state index in [0.29, 0.717) is 30.9 Å². The Labute approximate surface area is 165 Å². The van der Waals surface area contributed by atoms with E-state index in [9.17, 15) is 18.0 Å². The SMILES string of the molecule is CC1(C(=O)NS(=O)(=O)c2ccc(C#N)cc2)CCN1C(=O)CCC1CCCC1. The Hall–Kier alpha value is -2.40. The number of carbonyl (C=O) groups excluding carboxylic acids is 2. The molecule has 7 nitrogen and oxygen atoms in total. The number of hydrogen-bond acceptors (Lipinski definition) is 5. The van der Waals surface area contributed by atoms with Crippen LogP contribution in [0.5, 0.6) is 0 Å². The fraction of sp³-hybridized carbons (Fsp3) is 0.550. The molecule has 150 valence electrons. The Kier molecular flexibility index (Phi) is 5.75. The largest absolute Gasteiger partial charge is 0.328 e. The van der Waals surface area contributed by atoms with Gasteiger partial charge in [0.05, 0.1) is 16.5 Å². The quantitative estimate of drug-likeness (QED) is 0.784. The van der Waals surface area contributed by atoms with E-state index >= 15 is 0 Å². The zero-order valence-electron chi connectivity index (χ0n) is 16.0. The molecule has 3 rings (SSSR count). The van der Waals surface area contributed by atoms with Crippen LogP contribution in [0.15, 0.2) is 29.2 Å². The van der Waals surface area contributed by atoms with Gasteiger partial charge >= 0.3 is 0 Å². The molecule has 2 fully saturated rings. The van der Waals surface area contributed by atoms with E-state index in [1.165, 1.54) is 42.0 Å². The Morgan fingerprint density at radius 3 is 2.43 bits per heavy atom. The summed E-state index contributed by atoms with van der Waals surface area (Å²) in [5.74, 6) is -0.203. The maximum atomic E-state index is 12.7. The Morgan fingerprint density at radius 2 is 1.89 bits per heavy atom. The lowest BCUT2D eigenvalue weighted by molar-refractivity contribution is -0.156. The number of hydrogen-bond donors (Lipinski definition) is 1. The molecular formula is C20H25N3O4S. The first-order chi connectivity index (χ1) is 13.3. The van der Waals surface area contributed by atoms with Gasteiger partial charge in [0.25, 0.3) is 15.9 Å². The molecule has 1 saturated carbocycles. The highest BCUT2D eigenvalue weighted by Gasteiger charge is 2.50. The third kappa shape index (κ3) is 4.04. The summed E-state index contributed by atoms with van der Waals surface area (Å²) < 4.78 is 27.1. The fourth-order valence-electron chi connectivity index (χ4n) is 3.96. The van der Waals surface area contributed by atoms with Gasteiger partial charge in [0.1, 0.15) is 5.54 Å². The fourth-order valence-corrected chi connectivity index (χ4v) is 5.03. The first-order valence-electron chi connectivity index (χ1n) is 9.64. The zero-order chi connectivity index (χ0) is 20.4. The van der Waals surface area contributed by atoms with E-state index in [2.05, 4.69) is 4.72 Å². The molecule has 1 heterocycles. The number of benzene rings is 1. The van der Waals surface area contributed by atoms with Crippen LogP contribution in [0.1, 0.15) is 57.4 Å². The Bertz CT molecular complexity index is 898.